The first kappa shape index (κ1) is 18.1. The van der Waals surface area contributed by atoms with Gasteiger partial charge < -0.3 is 11.1 Å². The lowest BCUT2D eigenvalue weighted by molar-refractivity contribution is 0.271. The van der Waals surface area contributed by atoms with Crippen LogP contribution in [0, 0.1) is 0 Å². The first-order valence-corrected chi connectivity index (χ1v) is 9.53. The van der Waals surface area contributed by atoms with Crippen LogP contribution >= 0.6 is 0 Å². The standard InChI is InChI=1S/C22H24N6/c1-2-20(28-12-3-4-13-28)26-21-19(15-25-22(23)27-21)18-7-5-6-17(14-18)16-8-10-24-11-9-16/h3-11,14-15,20H,2,12-13H2,1H3,(H3,23,25,26,27). The average molecular weight is 372 g/mol. The largest absolute Gasteiger partial charge is 0.368 e. The van der Waals surface area contributed by atoms with Gasteiger partial charge in [0.25, 0.3) is 0 Å². The smallest absolute Gasteiger partial charge is 0.221 e. The Hall–Kier alpha value is -3.25. The van der Waals surface area contributed by atoms with E-state index in [1.807, 2.05) is 18.2 Å². The van der Waals surface area contributed by atoms with Crippen molar-refractivity contribution >= 4 is 11.8 Å². The molecule has 3 N–H and O–H groups in total. The molecular weight excluding hydrogens is 348 g/mol. The van der Waals surface area contributed by atoms with Crippen LogP contribution in [0.4, 0.5) is 11.8 Å². The highest BCUT2D eigenvalue weighted by atomic mass is 15.3. The molecule has 6 nitrogen and oxygen atoms in total. The van der Waals surface area contributed by atoms with Gasteiger partial charge in [0, 0.05) is 37.2 Å². The fourth-order valence-corrected chi connectivity index (χ4v) is 3.49. The van der Waals surface area contributed by atoms with E-state index in [0.29, 0.717) is 0 Å². The van der Waals surface area contributed by atoms with Crippen LogP contribution in [0.5, 0.6) is 0 Å². The number of benzene rings is 1. The SMILES string of the molecule is CCC(Nc1nc(N)ncc1-c1cccc(-c2ccncc2)c1)N1CC=CC1. The average Bonchev–Trinajstić information content (AvgIpc) is 3.27. The van der Waals surface area contributed by atoms with Gasteiger partial charge in [-0.15, -0.1) is 0 Å². The zero-order valence-corrected chi connectivity index (χ0v) is 15.9. The molecule has 142 valence electrons. The lowest BCUT2D eigenvalue weighted by Gasteiger charge is -2.28. The van der Waals surface area contributed by atoms with E-state index in [1.54, 1.807) is 18.6 Å². The second kappa shape index (κ2) is 8.19. The van der Waals surface area contributed by atoms with Crippen LogP contribution in [-0.4, -0.2) is 39.1 Å². The maximum absolute atomic E-state index is 5.90. The molecule has 4 rings (SSSR count). The van der Waals surface area contributed by atoms with E-state index in [4.69, 9.17) is 5.73 Å². The summed E-state index contributed by atoms with van der Waals surface area (Å²) in [6, 6.07) is 12.4. The lowest BCUT2D eigenvalue weighted by Crippen LogP contribution is -2.39. The van der Waals surface area contributed by atoms with E-state index in [-0.39, 0.29) is 12.1 Å². The fraction of sp³-hybridized carbons (Fsp3) is 0.227. The second-order valence-corrected chi connectivity index (χ2v) is 6.80. The zero-order valence-electron chi connectivity index (χ0n) is 15.9. The van der Waals surface area contributed by atoms with Gasteiger partial charge in [-0.3, -0.25) is 9.88 Å². The maximum atomic E-state index is 5.90. The summed E-state index contributed by atoms with van der Waals surface area (Å²) in [4.78, 5) is 15.2. The minimum atomic E-state index is 0.187. The van der Waals surface area contributed by atoms with Crippen LogP contribution in [0.25, 0.3) is 22.3 Å². The first-order valence-electron chi connectivity index (χ1n) is 9.53. The topological polar surface area (TPSA) is 80.0 Å². The Morgan fingerprint density at radius 1 is 1.07 bits per heavy atom. The molecule has 0 spiro atoms. The van der Waals surface area contributed by atoms with E-state index in [1.165, 1.54) is 0 Å². The number of anilines is 2. The number of nitrogens with zero attached hydrogens (tertiary/aromatic N) is 4. The summed E-state index contributed by atoms with van der Waals surface area (Å²) >= 11 is 0. The molecule has 0 bridgehead atoms. The predicted molar refractivity (Wildman–Crippen MR) is 114 cm³/mol. The molecule has 28 heavy (non-hydrogen) atoms. The normalized spacial score (nSPS) is 14.9. The molecule has 6 heteroatoms. The van der Waals surface area contributed by atoms with Crippen molar-refractivity contribution in [3.8, 4) is 22.3 Å². The Labute approximate surface area is 165 Å². The van der Waals surface area contributed by atoms with Gasteiger partial charge >= 0.3 is 0 Å². The summed E-state index contributed by atoms with van der Waals surface area (Å²) in [5.74, 6) is 1.03. The molecule has 0 amide bonds. The van der Waals surface area contributed by atoms with Gasteiger partial charge in [0.1, 0.15) is 5.82 Å². The van der Waals surface area contributed by atoms with Gasteiger partial charge in [0.2, 0.25) is 5.95 Å². The third-order valence-corrected chi connectivity index (χ3v) is 4.97. The molecular formula is C22H24N6. The molecule has 0 saturated heterocycles. The second-order valence-electron chi connectivity index (χ2n) is 6.80. The van der Waals surface area contributed by atoms with Gasteiger partial charge in [0.05, 0.1) is 6.17 Å². The van der Waals surface area contributed by atoms with Crippen LogP contribution < -0.4 is 11.1 Å². The highest BCUT2D eigenvalue weighted by Gasteiger charge is 2.20. The maximum Gasteiger partial charge on any atom is 0.221 e. The number of nitrogens with one attached hydrogen (secondary N) is 1. The fourth-order valence-electron chi connectivity index (χ4n) is 3.49. The minimum absolute atomic E-state index is 0.187. The van der Waals surface area contributed by atoms with Crippen molar-refractivity contribution in [3.63, 3.8) is 0 Å². The van der Waals surface area contributed by atoms with Crippen LogP contribution in [-0.2, 0) is 0 Å². The van der Waals surface area contributed by atoms with Crippen molar-refractivity contribution in [3.05, 3.63) is 67.1 Å². The van der Waals surface area contributed by atoms with Crippen LogP contribution in [0.3, 0.4) is 0 Å². The number of pyridine rings is 1. The number of rotatable bonds is 6. The third-order valence-electron chi connectivity index (χ3n) is 4.97. The number of nitrogen functional groups attached to an aromatic ring is 1. The summed E-state index contributed by atoms with van der Waals surface area (Å²) in [6.45, 7) is 4.06. The van der Waals surface area contributed by atoms with Crippen LogP contribution in [0.15, 0.2) is 67.1 Å². The summed E-state index contributed by atoms with van der Waals surface area (Å²) in [5, 5.41) is 3.58. The predicted octanol–water partition coefficient (Wildman–Crippen LogP) is 3.81. The van der Waals surface area contributed by atoms with Gasteiger partial charge in [-0.25, -0.2) is 4.98 Å². The molecule has 3 aromatic rings. The third kappa shape index (κ3) is 3.87. The molecule has 0 radical (unpaired) electrons. The van der Waals surface area contributed by atoms with Crippen LogP contribution in [0.1, 0.15) is 13.3 Å². The first-order chi connectivity index (χ1) is 13.7. The molecule has 1 aromatic carbocycles. The van der Waals surface area contributed by atoms with E-state index in [2.05, 4.69) is 62.4 Å². The molecule has 1 aliphatic rings. The Bertz CT molecular complexity index is 962. The van der Waals surface area contributed by atoms with Crippen molar-refractivity contribution in [2.24, 2.45) is 0 Å². The highest BCUT2D eigenvalue weighted by molar-refractivity contribution is 5.79. The van der Waals surface area contributed by atoms with Crippen molar-refractivity contribution in [1.82, 2.24) is 19.9 Å². The van der Waals surface area contributed by atoms with Gasteiger partial charge in [-0.05, 0) is 41.3 Å². The molecule has 1 aliphatic heterocycles. The minimum Gasteiger partial charge on any atom is -0.368 e. The van der Waals surface area contributed by atoms with Crippen molar-refractivity contribution in [2.45, 2.75) is 19.5 Å². The zero-order chi connectivity index (χ0) is 19.3. The van der Waals surface area contributed by atoms with Crippen molar-refractivity contribution < 1.29 is 0 Å². The summed E-state index contributed by atoms with van der Waals surface area (Å²) in [5.41, 5.74) is 10.1. The molecule has 0 fully saturated rings. The Morgan fingerprint density at radius 3 is 2.57 bits per heavy atom. The summed E-state index contributed by atoms with van der Waals surface area (Å²) in [6.07, 6.45) is 10.9. The molecule has 2 aromatic heterocycles. The van der Waals surface area contributed by atoms with Crippen molar-refractivity contribution in [1.29, 1.82) is 0 Å². The number of hydrogen-bond acceptors (Lipinski definition) is 6. The van der Waals surface area contributed by atoms with Crippen molar-refractivity contribution in [2.75, 3.05) is 24.1 Å². The lowest BCUT2D eigenvalue weighted by atomic mass is 10.0. The van der Waals surface area contributed by atoms with Gasteiger partial charge in [-0.1, -0.05) is 37.3 Å². The molecule has 1 unspecified atom stereocenters. The summed E-state index contributed by atoms with van der Waals surface area (Å²) < 4.78 is 0. The number of nitrogens with two attached hydrogens (primary N) is 1. The van der Waals surface area contributed by atoms with E-state index < -0.39 is 0 Å². The van der Waals surface area contributed by atoms with Gasteiger partial charge in [0.15, 0.2) is 0 Å². The van der Waals surface area contributed by atoms with E-state index in [0.717, 1.165) is 47.6 Å². The highest BCUT2D eigenvalue weighted by Crippen LogP contribution is 2.31. The van der Waals surface area contributed by atoms with E-state index >= 15 is 0 Å². The monoisotopic (exact) mass is 372 g/mol. The van der Waals surface area contributed by atoms with Gasteiger partial charge in [-0.2, -0.15) is 4.98 Å². The summed E-state index contributed by atoms with van der Waals surface area (Å²) in [7, 11) is 0. The molecule has 0 saturated carbocycles. The molecule has 1 atom stereocenters. The quantitative estimate of drug-likeness (QED) is 0.641. The Kier molecular flexibility index (Phi) is 5.30. The number of aromatic nitrogens is 3. The molecule has 3 heterocycles. The number of hydrogen-bond donors (Lipinski definition) is 2. The Morgan fingerprint density at radius 2 is 1.82 bits per heavy atom. The van der Waals surface area contributed by atoms with E-state index in [9.17, 15) is 0 Å². The Balaban J connectivity index is 1.68. The van der Waals surface area contributed by atoms with Crippen LogP contribution in [0.2, 0.25) is 0 Å². The molecule has 0 aliphatic carbocycles.